The second kappa shape index (κ2) is 6.17. The first-order valence-corrected chi connectivity index (χ1v) is 6.31. The Morgan fingerprint density at radius 1 is 1.50 bits per heavy atom. The van der Waals surface area contributed by atoms with Gasteiger partial charge in [-0.25, -0.2) is 0 Å². The Labute approximate surface area is 108 Å². The van der Waals surface area contributed by atoms with Gasteiger partial charge in [0.15, 0.2) is 0 Å². The number of nitrogens with zero attached hydrogens (tertiary/aromatic N) is 1. The Bertz CT molecular complexity index is 336. The van der Waals surface area contributed by atoms with E-state index in [1.165, 1.54) is 0 Å². The fourth-order valence-electron chi connectivity index (χ4n) is 1.76. The molecular formula is C13H22N2O3. The number of rotatable bonds is 4. The number of carbonyl (C=O) groups excluding carboxylic acids is 1. The van der Waals surface area contributed by atoms with Crippen LogP contribution in [-0.2, 0) is 14.3 Å². The maximum atomic E-state index is 12.0. The number of nitrogens with one attached hydrogen (secondary N) is 1. The first kappa shape index (κ1) is 14.9. The molecule has 1 saturated heterocycles. The highest BCUT2D eigenvalue weighted by atomic mass is 16.5. The zero-order valence-corrected chi connectivity index (χ0v) is 11.5. The van der Waals surface area contributed by atoms with Crippen molar-refractivity contribution in [2.45, 2.75) is 58.4 Å². The number of piperidine rings is 1. The number of carbonyl (C=O) groups is 1. The SMILES string of the molecule is COC1CCCC(C(=O)O[C@H](C)C(C)(C)C#N)N1. The Morgan fingerprint density at radius 2 is 2.17 bits per heavy atom. The molecule has 0 aliphatic carbocycles. The molecule has 1 aliphatic heterocycles. The van der Waals surface area contributed by atoms with E-state index in [9.17, 15) is 4.79 Å². The molecule has 18 heavy (non-hydrogen) atoms. The van der Waals surface area contributed by atoms with Crippen LogP contribution in [-0.4, -0.2) is 31.5 Å². The Kier molecular flexibility index (Phi) is 5.12. The minimum atomic E-state index is -0.676. The van der Waals surface area contributed by atoms with E-state index in [2.05, 4.69) is 11.4 Å². The van der Waals surface area contributed by atoms with Crippen LogP contribution in [0.1, 0.15) is 40.0 Å². The number of esters is 1. The number of hydrogen-bond acceptors (Lipinski definition) is 5. The molecule has 1 fully saturated rings. The van der Waals surface area contributed by atoms with E-state index in [0.717, 1.165) is 19.3 Å². The van der Waals surface area contributed by atoms with Crippen molar-refractivity contribution in [2.75, 3.05) is 7.11 Å². The van der Waals surface area contributed by atoms with E-state index in [4.69, 9.17) is 14.7 Å². The zero-order chi connectivity index (χ0) is 13.8. The summed E-state index contributed by atoms with van der Waals surface area (Å²) in [7, 11) is 1.62. The van der Waals surface area contributed by atoms with E-state index in [1.54, 1.807) is 27.9 Å². The average Bonchev–Trinajstić information content (AvgIpc) is 2.38. The summed E-state index contributed by atoms with van der Waals surface area (Å²) in [5.41, 5.74) is -0.676. The molecule has 1 heterocycles. The second-order valence-corrected chi connectivity index (χ2v) is 5.29. The Morgan fingerprint density at radius 3 is 2.72 bits per heavy atom. The first-order chi connectivity index (χ1) is 8.40. The van der Waals surface area contributed by atoms with Gasteiger partial charge in [-0.15, -0.1) is 0 Å². The maximum Gasteiger partial charge on any atom is 0.323 e. The van der Waals surface area contributed by atoms with Gasteiger partial charge < -0.3 is 9.47 Å². The van der Waals surface area contributed by atoms with E-state index >= 15 is 0 Å². The monoisotopic (exact) mass is 254 g/mol. The van der Waals surface area contributed by atoms with Gasteiger partial charge in [-0.1, -0.05) is 0 Å². The van der Waals surface area contributed by atoms with Gasteiger partial charge in [-0.05, 0) is 40.0 Å². The van der Waals surface area contributed by atoms with Crippen molar-refractivity contribution in [1.29, 1.82) is 5.26 Å². The van der Waals surface area contributed by atoms with Crippen LogP contribution in [0.4, 0.5) is 0 Å². The van der Waals surface area contributed by atoms with Crippen molar-refractivity contribution in [2.24, 2.45) is 5.41 Å². The van der Waals surface area contributed by atoms with Crippen LogP contribution >= 0.6 is 0 Å². The molecule has 5 heteroatoms. The van der Waals surface area contributed by atoms with Crippen LogP contribution < -0.4 is 5.32 Å². The van der Waals surface area contributed by atoms with Crippen LogP contribution in [0.5, 0.6) is 0 Å². The molecule has 0 aromatic rings. The van der Waals surface area contributed by atoms with Gasteiger partial charge in [0.1, 0.15) is 18.4 Å². The molecule has 5 nitrogen and oxygen atoms in total. The third kappa shape index (κ3) is 3.69. The highest BCUT2D eigenvalue weighted by Gasteiger charge is 2.33. The van der Waals surface area contributed by atoms with Crippen molar-refractivity contribution in [3.05, 3.63) is 0 Å². The lowest BCUT2D eigenvalue weighted by Crippen LogP contribution is -2.49. The molecular weight excluding hydrogens is 232 g/mol. The highest BCUT2D eigenvalue weighted by molar-refractivity contribution is 5.76. The molecule has 0 bridgehead atoms. The minimum Gasteiger partial charge on any atom is -0.460 e. The normalized spacial score (nSPS) is 26.2. The van der Waals surface area contributed by atoms with Crippen molar-refractivity contribution in [1.82, 2.24) is 5.32 Å². The summed E-state index contributed by atoms with van der Waals surface area (Å²) in [5.74, 6) is -0.299. The Balaban J connectivity index is 2.53. The fourth-order valence-corrected chi connectivity index (χ4v) is 1.76. The van der Waals surface area contributed by atoms with Gasteiger partial charge in [0.2, 0.25) is 0 Å². The number of hydrogen-bond donors (Lipinski definition) is 1. The summed E-state index contributed by atoms with van der Waals surface area (Å²) >= 11 is 0. The molecule has 0 saturated carbocycles. The molecule has 0 aromatic heterocycles. The summed E-state index contributed by atoms with van der Waals surface area (Å²) in [4.78, 5) is 12.0. The predicted molar refractivity (Wildman–Crippen MR) is 66.5 cm³/mol. The van der Waals surface area contributed by atoms with Crippen LogP contribution in [0, 0.1) is 16.7 Å². The quantitative estimate of drug-likeness (QED) is 0.771. The zero-order valence-electron chi connectivity index (χ0n) is 11.5. The van der Waals surface area contributed by atoms with Gasteiger partial charge in [0.25, 0.3) is 0 Å². The number of nitriles is 1. The molecule has 2 unspecified atom stereocenters. The van der Waals surface area contributed by atoms with Crippen LogP contribution in [0.25, 0.3) is 0 Å². The lowest BCUT2D eigenvalue weighted by atomic mass is 9.89. The van der Waals surface area contributed by atoms with Gasteiger partial charge in [0, 0.05) is 7.11 Å². The van der Waals surface area contributed by atoms with E-state index in [-0.39, 0.29) is 18.2 Å². The lowest BCUT2D eigenvalue weighted by Gasteiger charge is -2.31. The molecule has 1 N–H and O–H groups in total. The summed E-state index contributed by atoms with van der Waals surface area (Å²) in [6.07, 6.45) is 2.06. The van der Waals surface area contributed by atoms with Crippen molar-refractivity contribution >= 4 is 5.97 Å². The minimum absolute atomic E-state index is 0.0874. The van der Waals surface area contributed by atoms with Crippen LogP contribution in [0.2, 0.25) is 0 Å². The second-order valence-electron chi connectivity index (χ2n) is 5.29. The molecule has 0 radical (unpaired) electrons. The molecule has 0 amide bonds. The summed E-state index contributed by atoms with van der Waals surface area (Å²) in [5, 5.41) is 12.1. The first-order valence-electron chi connectivity index (χ1n) is 6.31. The fraction of sp³-hybridized carbons (Fsp3) is 0.846. The number of methoxy groups -OCH3 is 1. The molecule has 1 aliphatic rings. The van der Waals surface area contributed by atoms with E-state index < -0.39 is 11.5 Å². The van der Waals surface area contributed by atoms with Gasteiger partial charge in [0.05, 0.1) is 11.5 Å². The smallest absolute Gasteiger partial charge is 0.323 e. The highest BCUT2D eigenvalue weighted by Crippen LogP contribution is 2.23. The number of ether oxygens (including phenoxy) is 2. The van der Waals surface area contributed by atoms with Crippen LogP contribution in [0.15, 0.2) is 0 Å². The summed E-state index contributed by atoms with van der Waals surface area (Å²) in [6, 6.07) is 1.81. The Hall–Kier alpha value is -1.12. The topological polar surface area (TPSA) is 71.3 Å². The average molecular weight is 254 g/mol. The molecule has 1 rings (SSSR count). The maximum absolute atomic E-state index is 12.0. The molecule has 0 spiro atoms. The largest absolute Gasteiger partial charge is 0.460 e. The lowest BCUT2D eigenvalue weighted by molar-refractivity contribution is -0.157. The van der Waals surface area contributed by atoms with Gasteiger partial charge in [-0.3, -0.25) is 10.1 Å². The van der Waals surface area contributed by atoms with Crippen molar-refractivity contribution in [3.8, 4) is 6.07 Å². The predicted octanol–water partition coefficient (Wildman–Crippen LogP) is 1.58. The third-order valence-corrected chi connectivity index (χ3v) is 3.51. The summed E-state index contributed by atoms with van der Waals surface area (Å²) in [6.45, 7) is 5.27. The van der Waals surface area contributed by atoms with Crippen LogP contribution in [0.3, 0.4) is 0 Å². The van der Waals surface area contributed by atoms with Gasteiger partial charge in [-0.2, -0.15) is 5.26 Å². The third-order valence-electron chi connectivity index (χ3n) is 3.51. The summed E-state index contributed by atoms with van der Waals surface area (Å²) < 4.78 is 10.6. The molecule has 0 aromatic carbocycles. The van der Waals surface area contributed by atoms with Crippen molar-refractivity contribution < 1.29 is 14.3 Å². The van der Waals surface area contributed by atoms with E-state index in [1.807, 2.05) is 0 Å². The van der Waals surface area contributed by atoms with Gasteiger partial charge >= 0.3 is 5.97 Å². The van der Waals surface area contributed by atoms with Crippen molar-refractivity contribution in [3.63, 3.8) is 0 Å². The standard InChI is InChI=1S/C13H22N2O3/c1-9(13(2,3)8-14)18-12(16)10-6-5-7-11(15-10)17-4/h9-11,15H,5-7H2,1-4H3/t9-,10?,11?/m1/s1. The molecule has 102 valence electrons. The van der Waals surface area contributed by atoms with E-state index in [0.29, 0.717) is 0 Å². The molecule has 3 atom stereocenters.